The van der Waals surface area contributed by atoms with Gasteiger partial charge in [-0.1, -0.05) is 6.07 Å². The van der Waals surface area contributed by atoms with Crippen molar-refractivity contribution >= 4 is 43.4 Å². The van der Waals surface area contributed by atoms with Gasteiger partial charge in [-0.15, -0.1) is 34.0 Å². The molecule has 1 nitrogen and oxygen atoms in total. The summed E-state index contributed by atoms with van der Waals surface area (Å²) in [6.45, 7) is 0. The van der Waals surface area contributed by atoms with Gasteiger partial charge in [0.1, 0.15) is 0 Å². The number of rotatable bonds is 3. The van der Waals surface area contributed by atoms with Gasteiger partial charge < -0.3 is 5.73 Å². The first-order chi connectivity index (χ1) is 7.83. The van der Waals surface area contributed by atoms with Crippen LogP contribution in [0.1, 0.15) is 15.8 Å². The van der Waals surface area contributed by atoms with Gasteiger partial charge in [0.2, 0.25) is 0 Å². The fourth-order valence-electron chi connectivity index (χ4n) is 1.71. The van der Waals surface area contributed by atoms with E-state index in [0.29, 0.717) is 0 Å². The second-order valence-corrected chi connectivity index (χ2v) is 6.78. The first-order valence-corrected chi connectivity index (χ1v) is 7.65. The van der Waals surface area contributed by atoms with Crippen LogP contribution >= 0.6 is 34.0 Å². The molecule has 0 aliphatic rings. The summed E-state index contributed by atoms with van der Waals surface area (Å²) in [6.07, 6.45) is 0.950. The minimum Gasteiger partial charge on any atom is -0.323 e. The number of hydrogen-bond acceptors (Lipinski definition) is 4. The average Bonchev–Trinajstić information content (AvgIpc) is 2.91. The van der Waals surface area contributed by atoms with Crippen LogP contribution in [0, 0.1) is 0 Å². The Morgan fingerprint density at radius 1 is 1.12 bits per heavy atom. The van der Waals surface area contributed by atoms with E-state index in [4.69, 9.17) is 5.73 Å². The Bertz CT molecular complexity index is 548. The lowest BCUT2D eigenvalue weighted by Crippen LogP contribution is -2.10. The van der Waals surface area contributed by atoms with Crippen molar-refractivity contribution in [2.75, 3.05) is 0 Å². The van der Waals surface area contributed by atoms with E-state index >= 15 is 0 Å². The molecule has 3 heterocycles. The zero-order valence-electron chi connectivity index (χ0n) is 8.55. The maximum Gasteiger partial charge on any atom is 0.0454 e. The molecule has 3 aromatic rings. The van der Waals surface area contributed by atoms with Crippen LogP contribution in [-0.4, -0.2) is 0 Å². The van der Waals surface area contributed by atoms with Crippen LogP contribution in [0.15, 0.2) is 35.0 Å². The molecule has 0 saturated heterocycles. The summed E-state index contributed by atoms with van der Waals surface area (Å²) in [5.41, 5.74) is 6.23. The van der Waals surface area contributed by atoms with E-state index in [1.165, 1.54) is 19.2 Å². The van der Waals surface area contributed by atoms with Gasteiger partial charge in [-0.25, -0.2) is 0 Å². The van der Waals surface area contributed by atoms with Gasteiger partial charge in [0, 0.05) is 31.6 Å². The number of nitrogens with two attached hydrogens (primary N) is 1. The Kier molecular flexibility index (Phi) is 2.81. The van der Waals surface area contributed by atoms with Gasteiger partial charge >= 0.3 is 0 Å². The summed E-state index contributed by atoms with van der Waals surface area (Å²) in [6, 6.07) is 8.79. The number of fused-ring (bicyclic) bond motifs is 1. The second-order valence-electron chi connectivity index (χ2n) is 3.69. The van der Waals surface area contributed by atoms with Gasteiger partial charge in [-0.2, -0.15) is 0 Å². The molecule has 3 rings (SSSR count). The Labute approximate surface area is 106 Å². The predicted molar refractivity (Wildman–Crippen MR) is 74.7 cm³/mol. The molecule has 3 aromatic heterocycles. The summed E-state index contributed by atoms with van der Waals surface area (Å²) >= 11 is 5.40. The van der Waals surface area contributed by atoms with Crippen molar-refractivity contribution in [3.05, 3.63) is 44.8 Å². The van der Waals surface area contributed by atoms with Crippen molar-refractivity contribution in [3.63, 3.8) is 0 Å². The molecule has 0 saturated carbocycles. The van der Waals surface area contributed by atoms with Crippen LogP contribution < -0.4 is 5.73 Å². The van der Waals surface area contributed by atoms with Crippen LogP contribution in [0.4, 0.5) is 0 Å². The van der Waals surface area contributed by atoms with Crippen molar-refractivity contribution in [1.82, 2.24) is 0 Å². The van der Waals surface area contributed by atoms with Crippen LogP contribution in [-0.2, 0) is 6.42 Å². The van der Waals surface area contributed by atoms with Gasteiger partial charge in [0.25, 0.3) is 0 Å². The quantitative estimate of drug-likeness (QED) is 0.752. The largest absolute Gasteiger partial charge is 0.323 e. The van der Waals surface area contributed by atoms with E-state index < -0.39 is 0 Å². The molecular formula is C12H11NS3. The summed E-state index contributed by atoms with van der Waals surface area (Å²) in [4.78, 5) is 2.67. The van der Waals surface area contributed by atoms with E-state index in [2.05, 4.69) is 35.0 Å². The second kappa shape index (κ2) is 4.30. The fraction of sp³-hybridized carbons (Fsp3) is 0.167. The first-order valence-electron chi connectivity index (χ1n) is 5.08. The first kappa shape index (κ1) is 10.5. The number of thiophene rings is 3. The lowest BCUT2D eigenvalue weighted by molar-refractivity contribution is 0.746. The summed E-state index contributed by atoms with van der Waals surface area (Å²) in [5, 5.41) is 4.24. The zero-order chi connectivity index (χ0) is 11.0. The molecular weight excluding hydrogens is 254 g/mol. The summed E-state index contributed by atoms with van der Waals surface area (Å²) in [5.74, 6) is 0. The molecule has 1 unspecified atom stereocenters. The molecule has 2 N–H and O–H groups in total. The molecule has 0 bridgehead atoms. The molecule has 4 heteroatoms. The van der Waals surface area contributed by atoms with Crippen molar-refractivity contribution < 1.29 is 0 Å². The third kappa shape index (κ3) is 1.94. The van der Waals surface area contributed by atoms with Gasteiger partial charge in [0.15, 0.2) is 0 Å². The number of hydrogen-bond donors (Lipinski definition) is 1. The van der Waals surface area contributed by atoms with Crippen LogP contribution in [0.5, 0.6) is 0 Å². The van der Waals surface area contributed by atoms with Gasteiger partial charge in [-0.05, 0) is 29.0 Å². The summed E-state index contributed by atoms with van der Waals surface area (Å²) < 4.78 is 2.73. The third-order valence-corrected chi connectivity index (χ3v) is 5.65. The van der Waals surface area contributed by atoms with Crippen LogP contribution in [0.2, 0.25) is 0 Å². The molecule has 0 amide bonds. The molecule has 16 heavy (non-hydrogen) atoms. The van der Waals surface area contributed by atoms with Crippen molar-refractivity contribution in [2.24, 2.45) is 5.73 Å². The zero-order valence-corrected chi connectivity index (χ0v) is 11.0. The van der Waals surface area contributed by atoms with Gasteiger partial charge in [-0.3, -0.25) is 0 Å². The Balaban J connectivity index is 1.84. The Hall–Kier alpha value is -0.680. The molecule has 0 aliphatic heterocycles. The van der Waals surface area contributed by atoms with Crippen molar-refractivity contribution in [2.45, 2.75) is 12.5 Å². The van der Waals surface area contributed by atoms with Crippen LogP contribution in [0.25, 0.3) is 9.40 Å². The maximum atomic E-state index is 6.23. The highest BCUT2D eigenvalue weighted by Gasteiger charge is 2.11. The molecule has 0 aliphatic carbocycles. The third-order valence-electron chi connectivity index (χ3n) is 2.53. The topological polar surface area (TPSA) is 26.0 Å². The smallest absolute Gasteiger partial charge is 0.0454 e. The normalized spacial score (nSPS) is 13.3. The fourth-order valence-corrected chi connectivity index (χ4v) is 4.60. The van der Waals surface area contributed by atoms with Gasteiger partial charge in [0.05, 0.1) is 0 Å². The predicted octanol–water partition coefficient (Wildman–Crippen LogP) is 4.27. The average molecular weight is 265 g/mol. The molecule has 0 fully saturated rings. The lowest BCUT2D eigenvalue weighted by Gasteiger charge is -2.06. The highest BCUT2D eigenvalue weighted by Crippen LogP contribution is 2.33. The van der Waals surface area contributed by atoms with Crippen molar-refractivity contribution in [1.29, 1.82) is 0 Å². The monoisotopic (exact) mass is 265 g/mol. The molecule has 82 valence electrons. The Morgan fingerprint density at radius 3 is 2.81 bits per heavy atom. The molecule has 0 radical (unpaired) electrons. The lowest BCUT2D eigenvalue weighted by atomic mass is 10.1. The minimum absolute atomic E-state index is 0.142. The maximum absolute atomic E-state index is 6.23. The van der Waals surface area contributed by atoms with E-state index in [0.717, 1.165) is 6.42 Å². The van der Waals surface area contributed by atoms with E-state index in [1.807, 2.05) is 11.3 Å². The summed E-state index contributed by atoms with van der Waals surface area (Å²) in [7, 11) is 0. The highest BCUT2D eigenvalue weighted by atomic mass is 32.1. The minimum atomic E-state index is 0.142. The van der Waals surface area contributed by atoms with E-state index in [9.17, 15) is 0 Å². The molecule has 1 atom stereocenters. The van der Waals surface area contributed by atoms with Crippen LogP contribution in [0.3, 0.4) is 0 Å². The van der Waals surface area contributed by atoms with E-state index in [1.54, 1.807) is 22.7 Å². The molecule has 0 aromatic carbocycles. The van der Waals surface area contributed by atoms with Crippen molar-refractivity contribution in [3.8, 4) is 0 Å². The molecule has 0 spiro atoms. The Morgan fingerprint density at radius 2 is 2.06 bits per heavy atom. The standard InChI is InChI=1S/C12H11NS3/c13-9(6-8-2-1-4-14-8)11-7-12-10(16-11)3-5-15-12/h1-5,7,9H,6,13H2. The SMILES string of the molecule is NC(Cc1cccs1)c1cc2sccc2s1. The van der Waals surface area contributed by atoms with E-state index in [-0.39, 0.29) is 6.04 Å². The highest BCUT2D eigenvalue weighted by molar-refractivity contribution is 7.27.